The Morgan fingerprint density at radius 3 is 2.47 bits per heavy atom. The van der Waals surface area contributed by atoms with Crippen LogP contribution >= 0.6 is 22.9 Å². The van der Waals surface area contributed by atoms with Crippen LogP contribution in [0.1, 0.15) is 5.69 Å². The normalized spacial score (nSPS) is 15.9. The molecule has 7 heteroatoms. The van der Waals surface area contributed by atoms with Crippen molar-refractivity contribution >= 4 is 33.9 Å². The fourth-order valence-corrected chi connectivity index (χ4v) is 3.10. The van der Waals surface area contributed by atoms with Gasteiger partial charge in [0.15, 0.2) is 5.13 Å². The van der Waals surface area contributed by atoms with E-state index in [1.54, 1.807) is 23.7 Å². The van der Waals surface area contributed by atoms with Crippen molar-refractivity contribution < 1.29 is 0 Å². The molecule has 0 radical (unpaired) electrons. The Bertz CT molecular complexity index is 565. The second-order valence-electron chi connectivity index (χ2n) is 4.45. The maximum atomic E-state index is 5.87. The number of halogens is 1. The van der Waals surface area contributed by atoms with Crippen LogP contribution < -0.4 is 9.80 Å². The lowest BCUT2D eigenvalue weighted by Gasteiger charge is -2.35. The van der Waals surface area contributed by atoms with Crippen molar-refractivity contribution in [2.45, 2.75) is 6.92 Å². The van der Waals surface area contributed by atoms with Gasteiger partial charge in [-0.1, -0.05) is 11.6 Å². The molecule has 2 aromatic heterocycles. The van der Waals surface area contributed by atoms with Crippen LogP contribution in [-0.4, -0.2) is 41.1 Å². The molecule has 1 aliphatic heterocycles. The minimum atomic E-state index is 0.440. The van der Waals surface area contributed by atoms with Crippen LogP contribution in [0.4, 0.5) is 10.9 Å². The zero-order valence-electron chi connectivity index (χ0n) is 10.6. The van der Waals surface area contributed by atoms with Crippen molar-refractivity contribution in [1.29, 1.82) is 0 Å². The van der Waals surface area contributed by atoms with Crippen LogP contribution in [-0.2, 0) is 0 Å². The van der Waals surface area contributed by atoms with E-state index in [4.69, 9.17) is 11.6 Å². The number of thiazole rings is 1. The quantitative estimate of drug-likeness (QED) is 0.850. The van der Waals surface area contributed by atoms with Crippen molar-refractivity contribution in [2.24, 2.45) is 0 Å². The van der Waals surface area contributed by atoms with Crippen LogP contribution in [0.5, 0.6) is 0 Å². The van der Waals surface area contributed by atoms with Gasteiger partial charge in [0.1, 0.15) is 11.0 Å². The number of aryl methyl sites for hydroxylation is 1. The summed E-state index contributed by atoms with van der Waals surface area (Å²) in [6.45, 7) is 5.74. The maximum absolute atomic E-state index is 5.87. The summed E-state index contributed by atoms with van der Waals surface area (Å²) in [5.41, 5.74) is 1.09. The average molecular weight is 296 g/mol. The number of hydrogen-bond acceptors (Lipinski definition) is 6. The summed E-state index contributed by atoms with van der Waals surface area (Å²) >= 11 is 7.58. The molecular formula is C12H14ClN5S. The lowest BCUT2D eigenvalue weighted by molar-refractivity contribution is 0.644. The summed E-state index contributed by atoms with van der Waals surface area (Å²) in [7, 11) is 0. The van der Waals surface area contributed by atoms with Gasteiger partial charge >= 0.3 is 0 Å². The third-order valence-electron chi connectivity index (χ3n) is 3.07. The first-order valence-corrected chi connectivity index (χ1v) is 7.38. The Hall–Kier alpha value is -1.40. The number of nitrogens with zero attached hydrogens (tertiary/aromatic N) is 5. The lowest BCUT2D eigenvalue weighted by Crippen LogP contribution is -2.46. The molecular weight excluding hydrogens is 282 g/mol. The molecule has 1 fully saturated rings. The highest BCUT2D eigenvalue weighted by atomic mass is 35.5. The number of piperazine rings is 1. The molecule has 0 saturated carbocycles. The highest BCUT2D eigenvalue weighted by Crippen LogP contribution is 2.22. The largest absolute Gasteiger partial charge is 0.352 e. The van der Waals surface area contributed by atoms with Crippen LogP contribution in [0.3, 0.4) is 0 Å². The molecule has 100 valence electrons. The second kappa shape index (κ2) is 5.30. The van der Waals surface area contributed by atoms with Crippen molar-refractivity contribution in [3.63, 3.8) is 0 Å². The minimum absolute atomic E-state index is 0.440. The van der Waals surface area contributed by atoms with E-state index < -0.39 is 0 Å². The molecule has 0 amide bonds. The van der Waals surface area contributed by atoms with Gasteiger partial charge in [-0.25, -0.2) is 9.97 Å². The van der Waals surface area contributed by atoms with E-state index in [0.29, 0.717) is 5.15 Å². The highest BCUT2D eigenvalue weighted by Gasteiger charge is 2.20. The molecule has 5 nitrogen and oxygen atoms in total. The first-order chi connectivity index (χ1) is 9.22. The molecule has 3 rings (SSSR count). The molecule has 0 bridgehead atoms. The van der Waals surface area contributed by atoms with Crippen LogP contribution in [0, 0.1) is 6.92 Å². The summed E-state index contributed by atoms with van der Waals surface area (Å²) in [4.78, 5) is 17.4. The van der Waals surface area contributed by atoms with Gasteiger partial charge in [0.05, 0.1) is 18.1 Å². The predicted octanol–water partition coefficient (Wildman–Crippen LogP) is 2.22. The number of anilines is 2. The van der Waals surface area contributed by atoms with Crippen LogP contribution in [0.2, 0.25) is 5.15 Å². The van der Waals surface area contributed by atoms with E-state index in [1.807, 2.05) is 6.92 Å². The molecule has 0 spiro atoms. The molecule has 0 unspecified atom stereocenters. The lowest BCUT2D eigenvalue weighted by atomic mass is 10.3. The fraction of sp³-hybridized carbons (Fsp3) is 0.417. The third-order valence-corrected chi connectivity index (χ3v) is 4.27. The number of hydrogen-bond donors (Lipinski definition) is 0. The minimum Gasteiger partial charge on any atom is -0.352 e. The topological polar surface area (TPSA) is 45.2 Å². The first kappa shape index (κ1) is 12.6. The Kier molecular flexibility index (Phi) is 3.52. The summed E-state index contributed by atoms with van der Waals surface area (Å²) in [5, 5.41) is 3.63. The number of rotatable bonds is 2. The average Bonchev–Trinajstić information content (AvgIpc) is 2.86. The summed E-state index contributed by atoms with van der Waals surface area (Å²) < 4.78 is 0. The fourth-order valence-electron chi connectivity index (χ4n) is 2.10. The summed E-state index contributed by atoms with van der Waals surface area (Å²) in [6.07, 6.45) is 3.31. The van der Waals surface area contributed by atoms with E-state index in [1.165, 1.54) is 0 Å². The molecule has 0 aliphatic carbocycles. The third kappa shape index (κ3) is 2.79. The zero-order valence-corrected chi connectivity index (χ0v) is 12.2. The van der Waals surface area contributed by atoms with E-state index in [9.17, 15) is 0 Å². The van der Waals surface area contributed by atoms with Gasteiger partial charge in [0.2, 0.25) is 0 Å². The maximum Gasteiger partial charge on any atom is 0.185 e. The Morgan fingerprint density at radius 2 is 1.84 bits per heavy atom. The molecule has 2 aromatic rings. The molecule has 1 aliphatic rings. The molecule has 0 atom stereocenters. The van der Waals surface area contributed by atoms with Gasteiger partial charge in [0, 0.05) is 31.6 Å². The smallest absolute Gasteiger partial charge is 0.185 e. The van der Waals surface area contributed by atoms with E-state index in [-0.39, 0.29) is 0 Å². The van der Waals surface area contributed by atoms with Crippen molar-refractivity contribution in [1.82, 2.24) is 15.0 Å². The van der Waals surface area contributed by atoms with Crippen molar-refractivity contribution in [3.05, 3.63) is 28.6 Å². The first-order valence-electron chi connectivity index (χ1n) is 6.12. The van der Waals surface area contributed by atoms with Gasteiger partial charge in [-0.3, -0.25) is 4.98 Å². The summed E-state index contributed by atoms with van der Waals surface area (Å²) in [6, 6.07) is 0. The Labute approximate surface area is 120 Å². The van der Waals surface area contributed by atoms with Gasteiger partial charge < -0.3 is 9.80 Å². The zero-order chi connectivity index (χ0) is 13.2. The van der Waals surface area contributed by atoms with Gasteiger partial charge in [-0.05, 0) is 6.92 Å². The van der Waals surface area contributed by atoms with Crippen LogP contribution in [0.15, 0.2) is 17.8 Å². The molecule has 0 N–H and O–H groups in total. The predicted molar refractivity (Wildman–Crippen MR) is 78.3 cm³/mol. The van der Waals surface area contributed by atoms with E-state index in [2.05, 4.69) is 30.1 Å². The van der Waals surface area contributed by atoms with Crippen molar-refractivity contribution in [3.8, 4) is 0 Å². The standard InChI is InChI=1S/C12H14ClN5S/c1-9-8-19-12(15-9)18-4-2-17(3-5-18)11-7-14-6-10(13)16-11/h6-8H,2-5H2,1H3. The summed E-state index contributed by atoms with van der Waals surface area (Å²) in [5.74, 6) is 0.850. The molecule has 0 aromatic carbocycles. The second-order valence-corrected chi connectivity index (χ2v) is 5.67. The molecule has 3 heterocycles. The van der Waals surface area contributed by atoms with E-state index >= 15 is 0 Å². The molecule has 19 heavy (non-hydrogen) atoms. The SMILES string of the molecule is Cc1csc(N2CCN(c3cncc(Cl)n3)CC2)n1. The van der Waals surface area contributed by atoms with Crippen LogP contribution in [0.25, 0.3) is 0 Å². The Morgan fingerprint density at radius 1 is 1.11 bits per heavy atom. The van der Waals surface area contributed by atoms with Gasteiger partial charge in [-0.2, -0.15) is 0 Å². The van der Waals surface area contributed by atoms with Crippen molar-refractivity contribution in [2.75, 3.05) is 36.0 Å². The number of aromatic nitrogens is 3. The monoisotopic (exact) mass is 295 g/mol. The molecule has 1 saturated heterocycles. The van der Waals surface area contributed by atoms with Gasteiger partial charge in [-0.15, -0.1) is 11.3 Å². The highest BCUT2D eigenvalue weighted by molar-refractivity contribution is 7.13. The van der Waals surface area contributed by atoms with E-state index in [0.717, 1.165) is 42.8 Å². The Balaban J connectivity index is 1.66. The van der Waals surface area contributed by atoms with Gasteiger partial charge in [0.25, 0.3) is 0 Å².